The highest BCUT2D eigenvalue weighted by molar-refractivity contribution is 6.09. The average Bonchev–Trinajstić information content (AvgIpc) is 2.82. The van der Waals surface area contributed by atoms with Gasteiger partial charge in [-0.2, -0.15) is 10.2 Å². The molecule has 1 heterocycles. The second-order valence-corrected chi connectivity index (χ2v) is 4.94. The SMILES string of the molecule is CCOc1cc(C=NNC(=O)CC2C(=O)NN=C2C)ccc1O. The lowest BCUT2D eigenvalue weighted by atomic mass is 10.0. The Kier molecular flexibility index (Phi) is 5.29. The van der Waals surface area contributed by atoms with Crippen molar-refractivity contribution in [3.05, 3.63) is 23.8 Å². The molecule has 8 heteroatoms. The lowest BCUT2D eigenvalue weighted by molar-refractivity contribution is -0.127. The maximum atomic E-state index is 11.8. The molecule has 1 atom stereocenters. The van der Waals surface area contributed by atoms with Gasteiger partial charge in [0.05, 0.1) is 18.7 Å². The molecule has 0 radical (unpaired) electrons. The predicted molar refractivity (Wildman–Crippen MR) is 84.4 cm³/mol. The zero-order chi connectivity index (χ0) is 16.8. The summed E-state index contributed by atoms with van der Waals surface area (Å²) in [5.41, 5.74) is 5.91. The highest BCUT2D eigenvalue weighted by Crippen LogP contribution is 2.26. The van der Waals surface area contributed by atoms with E-state index in [2.05, 4.69) is 21.1 Å². The first-order valence-corrected chi connectivity index (χ1v) is 7.13. The first-order chi connectivity index (χ1) is 11.0. The van der Waals surface area contributed by atoms with Gasteiger partial charge in [0.15, 0.2) is 11.5 Å². The van der Waals surface area contributed by atoms with Gasteiger partial charge in [-0.25, -0.2) is 10.9 Å². The zero-order valence-electron chi connectivity index (χ0n) is 12.9. The summed E-state index contributed by atoms with van der Waals surface area (Å²) in [4.78, 5) is 23.2. The van der Waals surface area contributed by atoms with E-state index in [1.165, 1.54) is 12.3 Å². The number of rotatable bonds is 6. The van der Waals surface area contributed by atoms with Crippen LogP contribution in [-0.4, -0.2) is 35.5 Å². The van der Waals surface area contributed by atoms with E-state index in [-0.39, 0.29) is 24.0 Å². The van der Waals surface area contributed by atoms with Crippen LogP contribution in [0, 0.1) is 5.92 Å². The van der Waals surface area contributed by atoms with E-state index < -0.39 is 5.92 Å². The van der Waals surface area contributed by atoms with E-state index in [0.29, 0.717) is 23.6 Å². The van der Waals surface area contributed by atoms with Gasteiger partial charge in [0.2, 0.25) is 11.8 Å². The highest BCUT2D eigenvalue weighted by atomic mass is 16.5. The van der Waals surface area contributed by atoms with Gasteiger partial charge in [-0.15, -0.1) is 0 Å². The van der Waals surface area contributed by atoms with E-state index in [9.17, 15) is 14.7 Å². The van der Waals surface area contributed by atoms with Crippen molar-refractivity contribution < 1.29 is 19.4 Å². The van der Waals surface area contributed by atoms with Crippen LogP contribution in [0.2, 0.25) is 0 Å². The molecular formula is C15H18N4O4. The van der Waals surface area contributed by atoms with E-state index >= 15 is 0 Å². The maximum Gasteiger partial charge on any atom is 0.249 e. The maximum absolute atomic E-state index is 11.8. The van der Waals surface area contributed by atoms with Crippen LogP contribution >= 0.6 is 0 Å². The van der Waals surface area contributed by atoms with E-state index in [0.717, 1.165) is 0 Å². The van der Waals surface area contributed by atoms with Crippen molar-refractivity contribution in [3.8, 4) is 11.5 Å². The van der Waals surface area contributed by atoms with Crippen molar-refractivity contribution in [2.24, 2.45) is 16.1 Å². The van der Waals surface area contributed by atoms with E-state index in [1.54, 1.807) is 19.1 Å². The lowest BCUT2D eigenvalue weighted by Gasteiger charge is -2.07. The lowest BCUT2D eigenvalue weighted by Crippen LogP contribution is -2.29. The second-order valence-electron chi connectivity index (χ2n) is 4.94. The number of phenols is 1. The third-order valence-corrected chi connectivity index (χ3v) is 3.24. The number of nitrogens with zero attached hydrogens (tertiary/aromatic N) is 2. The molecule has 0 bridgehead atoms. The smallest absolute Gasteiger partial charge is 0.249 e. The summed E-state index contributed by atoms with van der Waals surface area (Å²) in [7, 11) is 0. The summed E-state index contributed by atoms with van der Waals surface area (Å²) < 4.78 is 5.26. The molecule has 0 saturated heterocycles. The third-order valence-electron chi connectivity index (χ3n) is 3.24. The Morgan fingerprint density at radius 1 is 1.57 bits per heavy atom. The van der Waals surface area contributed by atoms with Crippen LogP contribution in [0.3, 0.4) is 0 Å². The van der Waals surface area contributed by atoms with Crippen LogP contribution in [0.5, 0.6) is 11.5 Å². The number of hydrogen-bond acceptors (Lipinski definition) is 6. The average molecular weight is 318 g/mol. The number of hydrazone groups is 2. The number of phenolic OH excluding ortho intramolecular Hbond substituents is 1. The fourth-order valence-electron chi connectivity index (χ4n) is 2.02. The summed E-state index contributed by atoms with van der Waals surface area (Å²) in [6.45, 7) is 3.92. The first kappa shape index (κ1) is 16.5. The molecule has 122 valence electrons. The first-order valence-electron chi connectivity index (χ1n) is 7.13. The standard InChI is InChI=1S/C15H18N4O4/c1-3-23-13-6-10(4-5-12(13)20)8-16-18-14(21)7-11-9(2)17-19-15(11)22/h4-6,8,11,20H,3,7H2,1-2H3,(H,18,21)(H,19,22). The van der Waals surface area contributed by atoms with Crippen LogP contribution < -0.4 is 15.6 Å². The molecule has 3 N–H and O–H groups in total. The quantitative estimate of drug-likeness (QED) is 0.531. The molecule has 0 spiro atoms. The number of nitrogens with one attached hydrogen (secondary N) is 2. The van der Waals surface area contributed by atoms with Crippen LogP contribution in [0.25, 0.3) is 0 Å². The second kappa shape index (κ2) is 7.39. The molecule has 1 aromatic rings. The summed E-state index contributed by atoms with van der Waals surface area (Å²) in [6.07, 6.45) is 1.41. The topological polar surface area (TPSA) is 112 Å². The van der Waals surface area contributed by atoms with Crippen molar-refractivity contribution in [1.82, 2.24) is 10.9 Å². The molecule has 1 unspecified atom stereocenters. The van der Waals surface area contributed by atoms with Crippen LogP contribution in [0.4, 0.5) is 0 Å². The molecule has 23 heavy (non-hydrogen) atoms. The summed E-state index contributed by atoms with van der Waals surface area (Å²) >= 11 is 0. The molecule has 0 aliphatic carbocycles. The van der Waals surface area contributed by atoms with Crippen LogP contribution in [0.15, 0.2) is 28.4 Å². The summed E-state index contributed by atoms with van der Waals surface area (Å²) in [5, 5.41) is 17.2. The van der Waals surface area contributed by atoms with Crippen molar-refractivity contribution >= 4 is 23.7 Å². The number of benzene rings is 1. The third kappa shape index (κ3) is 4.29. The monoisotopic (exact) mass is 318 g/mol. The number of amides is 2. The molecule has 0 aromatic heterocycles. The van der Waals surface area contributed by atoms with Crippen LogP contribution in [-0.2, 0) is 9.59 Å². The van der Waals surface area contributed by atoms with Crippen molar-refractivity contribution in [2.45, 2.75) is 20.3 Å². The van der Waals surface area contributed by atoms with Gasteiger partial charge in [-0.3, -0.25) is 9.59 Å². The number of carbonyl (C=O) groups excluding carboxylic acids is 2. The summed E-state index contributed by atoms with van der Waals surface area (Å²) in [6, 6.07) is 4.72. The number of carbonyl (C=O) groups is 2. The predicted octanol–water partition coefficient (Wildman–Crippen LogP) is 0.753. The molecule has 0 saturated carbocycles. The van der Waals surface area contributed by atoms with Gasteiger partial charge >= 0.3 is 0 Å². The minimum atomic E-state index is -0.552. The Balaban J connectivity index is 1.91. The zero-order valence-corrected chi connectivity index (χ0v) is 12.9. The summed E-state index contributed by atoms with van der Waals surface area (Å²) in [5.74, 6) is -0.848. The molecule has 1 aliphatic heterocycles. The Hall–Kier alpha value is -2.90. The molecule has 8 nitrogen and oxygen atoms in total. The fourth-order valence-corrected chi connectivity index (χ4v) is 2.02. The van der Waals surface area contributed by atoms with E-state index in [1.807, 2.05) is 6.92 Å². The Bertz CT molecular complexity index is 669. The normalized spacial score (nSPS) is 17.0. The highest BCUT2D eigenvalue weighted by Gasteiger charge is 2.28. The number of aromatic hydroxyl groups is 1. The van der Waals surface area contributed by atoms with Gasteiger partial charge in [0.1, 0.15) is 0 Å². The van der Waals surface area contributed by atoms with Gasteiger partial charge in [0.25, 0.3) is 0 Å². The van der Waals surface area contributed by atoms with Crippen LogP contribution in [0.1, 0.15) is 25.8 Å². The number of ether oxygens (including phenoxy) is 1. The molecular weight excluding hydrogens is 300 g/mol. The largest absolute Gasteiger partial charge is 0.504 e. The number of hydrogen-bond donors (Lipinski definition) is 3. The van der Waals surface area contributed by atoms with E-state index in [4.69, 9.17) is 4.74 Å². The van der Waals surface area contributed by atoms with Crippen molar-refractivity contribution in [2.75, 3.05) is 6.61 Å². The molecule has 1 aliphatic rings. The molecule has 1 aromatic carbocycles. The molecule has 2 rings (SSSR count). The van der Waals surface area contributed by atoms with Gasteiger partial charge < -0.3 is 9.84 Å². The molecule has 0 fully saturated rings. The van der Waals surface area contributed by atoms with Crippen molar-refractivity contribution in [3.63, 3.8) is 0 Å². The Labute approximate surface area is 133 Å². The minimum absolute atomic E-state index is 0.0156. The van der Waals surface area contributed by atoms with Crippen molar-refractivity contribution in [1.29, 1.82) is 0 Å². The Morgan fingerprint density at radius 3 is 3.00 bits per heavy atom. The molecule has 2 amide bonds. The van der Waals surface area contributed by atoms with Gasteiger partial charge in [0, 0.05) is 12.1 Å². The Morgan fingerprint density at radius 2 is 2.35 bits per heavy atom. The van der Waals surface area contributed by atoms with Gasteiger partial charge in [-0.05, 0) is 37.6 Å². The fraction of sp³-hybridized carbons (Fsp3) is 0.333. The minimum Gasteiger partial charge on any atom is -0.504 e. The van der Waals surface area contributed by atoms with Gasteiger partial charge in [-0.1, -0.05) is 0 Å².